The average Bonchev–Trinajstić information content (AvgIpc) is 2.30. The lowest BCUT2D eigenvalue weighted by Gasteiger charge is -2.22. The zero-order valence-corrected chi connectivity index (χ0v) is 11.9. The molecule has 1 heterocycles. The fourth-order valence-electron chi connectivity index (χ4n) is 2.11. The van der Waals surface area contributed by atoms with Gasteiger partial charge in [0, 0.05) is 4.47 Å². The molecular formula is C12H16BrNO2S. The summed E-state index contributed by atoms with van der Waals surface area (Å²) in [7, 11) is -3.14. The van der Waals surface area contributed by atoms with Gasteiger partial charge in [-0.3, -0.25) is 0 Å². The number of hydrogen-bond acceptors (Lipinski definition) is 3. The minimum Gasteiger partial charge on any atom is -0.316 e. The van der Waals surface area contributed by atoms with E-state index in [9.17, 15) is 8.42 Å². The van der Waals surface area contributed by atoms with Crippen molar-refractivity contribution in [1.82, 2.24) is 5.32 Å². The lowest BCUT2D eigenvalue weighted by atomic mass is 10.0. The predicted octanol–water partition coefficient (Wildman–Crippen LogP) is 2.22. The summed E-state index contributed by atoms with van der Waals surface area (Å²) in [6.45, 7) is 1.82. The van der Waals surface area contributed by atoms with Crippen LogP contribution in [0, 0.1) is 5.92 Å². The normalized spacial score (nSPS) is 21.4. The van der Waals surface area contributed by atoms with E-state index < -0.39 is 9.84 Å². The topological polar surface area (TPSA) is 46.2 Å². The van der Waals surface area contributed by atoms with Gasteiger partial charge in [0.15, 0.2) is 9.84 Å². The zero-order chi connectivity index (χ0) is 12.3. The van der Waals surface area contributed by atoms with E-state index in [0.29, 0.717) is 4.90 Å². The lowest BCUT2D eigenvalue weighted by molar-refractivity contribution is 0.404. The minimum absolute atomic E-state index is 0.248. The summed E-state index contributed by atoms with van der Waals surface area (Å²) in [6.07, 6.45) is 2.07. The van der Waals surface area contributed by atoms with Crippen LogP contribution in [0.15, 0.2) is 33.6 Å². The standard InChI is InChI=1S/C12H16BrNO2S/c13-11-3-5-12(6-4-11)17(15,16)9-10-2-1-7-14-8-10/h3-6,10,14H,1-2,7-9H2. The molecule has 17 heavy (non-hydrogen) atoms. The van der Waals surface area contributed by atoms with Crippen molar-refractivity contribution in [2.45, 2.75) is 17.7 Å². The fraction of sp³-hybridized carbons (Fsp3) is 0.500. The number of piperidine rings is 1. The Morgan fingerprint density at radius 1 is 1.29 bits per heavy atom. The monoisotopic (exact) mass is 317 g/mol. The zero-order valence-electron chi connectivity index (χ0n) is 9.52. The van der Waals surface area contributed by atoms with Crippen molar-refractivity contribution >= 4 is 25.8 Å². The van der Waals surface area contributed by atoms with Gasteiger partial charge in [0.2, 0.25) is 0 Å². The van der Waals surface area contributed by atoms with Gasteiger partial charge in [-0.15, -0.1) is 0 Å². The van der Waals surface area contributed by atoms with Gasteiger partial charge in [-0.2, -0.15) is 0 Å². The van der Waals surface area contributed by atoms with Gasteiger partial charge in [0.05, 0.1) is 10.6 Å². The number of rotatable bonds is 3. The third kappa shape index (κ3) is 3.53. The molecule has 94 valence electrons. The molecule has 0 spiro atoms. The summed E-state index contributed by atoms with van der Waals surface area (Å²) in [5, 5.41) is 3.25. The Balaban J connectivity index is 2.10. The first-order chi connectivity index (χ1) is 8.08. The number of sulfone groups is 1. The molecule has 1 saturated heterocycles. The highest BCUT2D eigenvalue weighted by atomic mass is 79.9. The summed E-state index contributed by atoms with van der Waals surface area (Å²) in [5.74, 6) is 0.499. The first kappa shape index (κ1) is 13.1. The quantitative estimate of drug-likeness (QED) is 0.929. The minimum atomic E-state index is -3.14. The van der Waals surface area contributed by atoms with Crippen LogP contribution in [-0.2, 0) is 9.84 Å². The second-order valence-corrected chi connectivity index (χ2v) is 7.40. The molecule has 1 atom stereocenters. The molecule has 0 amide bonds. The molecule has 1 N–H and O–H groups in total. The Hall–Kier alpha value is -0.390. The molecule has 0 radical (unpaired) electrons. The lowest BCUT2D eigenvalue weighted by Crippen LogP contribution is -2.33. The highest BCUT2D eigenvalue weighted by Crippen LogP contribution is 2.20. The number of benzene rings is 1. The Morgan fingerprint density at radius 3 is 2.59 bits per heavy atom. The summed E-state index contributed by atoms with van der Waals surface area (Å²) in [6, 6.07) is 6.86. The SMILES string of the molecule is O=S(=O)(CC1CCCNC1)c1ccc(Br)cc1. The summed E-state index contributed by atoms with van der Waals surface area (Å²) in [4.78, 5) is 0.422. The molecule has 0 aromatic heterocycles. The van der Waals surface area contributed by atoms with Gasteiger partial charge in [-0.05, 0) is 56.1 Å². The van der Waals surface area contributed by atoms with Crippen molar-refractivity contribution in [1.29, 1.82) is 0 Å². The summed E-state index contributed by atoms with van der Waals surface area (Å²) >= 11 is 3.31. The predicted molar refractivity (Wildman–Crippen MR) is 71.8 cm³/mol. The first-order valence-electron chi connectivity index (χ1n) is 5.77. The van der Waals surface area contributed by atoms with Gasteiger partial charge in [0.1, 0.15) is 0 Å². The maximum Gasteiger partial charge on any atom is 0.178 e. The molecule has 1 aromatic carbocycles. The van der Waals surface area contributed by atoms with Gasteiger partial charge in [-0.1, -0.05) is 15.9 Å². The first-order valence-corrected chi connectivity index (χ1v) is 8.21. The Kier molecular flexibility index (Phi) is 4.22. The molecule has 1 fully saturated rings. The van der Waals surface area contributed by atoms with Crippen molar-refractivity contribution in [2.75, 3.05) is 18.8 Å². The third-order valence-corrected chi connectivity index (χ3v) is 5.46. The Labute approximate surface area is 111 Å². The molecule has 1 unspecified atom stereocenters. The fourth-order valence-corrected chi connectivity index (χ4v) is 4.03. The van der Waals surface area contributed by atoms with Crippen LogP contribution in [0.1, 0.15) is 12.8 Å². The molecule has 5 heteroatoms. The van der Waals surface area contributed by atoms with Crippen molar-refractivity contribution in [3.63, 3.8) is 0 Å². The van der Waals surface area contributed by atoms with Gasteiger partial charge < -0.3 is 5.32 Å². The van der Waals surface area contributed by atoms with Crippen LogP contribution in [0.25, 0.3) is 0 Å². The highest BCUT2D eigenvalue weighted by molar-refractivity contribution is 9.10. The van der Waals surface area contributed by atoms with Crippen molar-refractivity contribution in [3.05, 3.63) is 28.7 Å². The number of halogens is 1. The van der Waals surface area contributed by atoms with E-state index >= 15 is 0 Å². The molecule has 2 rings (SSSR count). The molecule has 1 aliphatic rings. The summed E-state index contributed by atoms with van der Waals surface area (Å²) < 4.78 is 25.2. The van der Waals surface area contributed by atoms with E-state index in [4.69, 9.17) is 0 Å². The van der Waals surface area contributed by atoms with Crippen LogP contribution in [-0.4, -0.2) is 27.3 Å². The van der Waals surface area contributed by atoms with E-state index in [0.717, 1.165) is 30.4 Å². The molecule has 3 nitrogen and oxygen atoms in total. The third-order valence-electron chi connectivity index (χ3n) is 3.03. The van der Waals surface area contributed by atoms with E-state index in [2.05, 4.69) is 21.2 Å². The van der Waals surface area contributed by atoms with Crippen LogP contribution in [0.3, 0.4) is 0 Å². The molecular weight excluding hydrogens is 302 g/mol. The van der Waals surface area contributed by atoms with E-state index in [-0.39, 0.29) is 11.7 Å². The van der Waals surface area contributed by atoms with Crippen LogP contribution >= 0.6 is 15.9 Å². The van der Waals surface area contributed by atoms with Gasteiger partial charge in [-0.25, -0.2) is 8.42 Å². The van der Waals surface area contributed by atoms with Crippen molar-refractivity contribution in [3.8, 4) is 0 Å². The van der Waals surface area contributed by atoms with E-state index in [1.807, 2.05) is 0 Å². The molecule has 1 aliphatic heterocycles. The van der Waals surface area contributed by atoms with Crippen LogP contribution in [0.4, 0.5) is 0 Å². The second kappa shape index (κ2) is 5.50. The van der Waals surface area contributed by atoms with Gasteiger partial charge >= 0.3 is 0 Å². The van der Waals surface area contributed by atoms with Crippen LogP contribution in [0.2, 0.25) is 0 Å². The Morgan fingerprint density at radius 2 is 2.00 bits per heavy atom. The molecule has 0 aliphatic carbocycles. The molecule has 1 aromatic rings. The number of nitrogens with one attached hydrogen (secondary N) is 1. The van der Waals surface area contributed by atoms with E-state index in [1.54, 1.807) is 24.3 Å². The second-order valence-electron chi connectivity index (χ2n) is 4.45. The van der Waals surface area contributed by atoms with Crippen LogP contribution in [0.5, 0.6) is 0 Å². The van der Waals surface area contributed by atoms with Crippen molar-refractivity contribution in [2.24, 2.45) is 5.92 Å². The Bertz CT molecular complexity index is 464. The van der Waals surface area contributed by atoms with Crippen molar-refractivity contribution < 1.29 is 8.42 Å². The van der Waals surface area contributed by atoms with Crippen LogP contribution < -0.4 is 5.32 Å². The highest BCUT2D eigenvalue weighted by Gasteiger charge is 2.22. The average molecular weight is 318 g/mol. The number of hydrogen-bond donors (Lipinski definition) is 1. The van der Waals surface area contributed by atoms with E-state index in [1.165, 1.54) is 0 Å². The maximum absolute atomic E-state index is 12.2. The smallest absolute Gasteiger partial charge is 0.178 e. The molecule has 0 bridgehead atoms. The summed E-state index contributed by atoms with van der Waals surface area (Å²) in [5.41, 5.74) is 0. The van der Waals surface area contributed by atoms with Gasteiger partial charge in [0.25, 0.3) is 0 Å². The molecule has 0 saturated carbocycles. The largest absolute Gasteiger partial charge is 0.316 e. The maximum atomic E-state index is 12.2.